The van der Waals surface area contributed by atoms with E-state index in [0.29, 0.717) is 50.1 Å². The quantitative estimate of drug-likeness (QED) is 0.546. The Bertz CT molecular complexity index is 746. The summed E-state index contributed by atoms with van der Waals surface area (Å²) in [5.74, 6) is 0.781. The van der Waals surface area contributed by atoms with Crippen LogP contribution in [0.1, 0.15) is 73.1 Å². The number of nitrogens with zero attached hydrogens (tertiary/aromatic N) is 3. The van der Waals surface area contributed by atoms with Crippen molar-refractivity contribution in [3.05, 3.63) is 0 Å². The van der Waals surface area contributed by atoms with Crippen LogP contribution in [0.2, 0.25) is 0 Å². The lowest BCUT2D eigenvalue weighted by molar-refractivity contribution is -0.303. The summed E-state index contributed by atoms with van der Waals surface area (Å²) >= 11 is 0. The van der Waals surface area contributed by atoms with Gasteiger partial charge in [-0.15, -0.1) is 0 Å². The zero-order valence-electron chi connectivity index (χ0n) is 23.3. The van der Waals surface area contributed by atoms with Crippen molar-refractivity contribution >= 4 is 11.8 Å². The molecule has 1 N–H and O–H groups in total. The molecule has 4 saturated heterocycles. The molecule has 8 heteroatoms. The number of piperidine rings is 1. The number of ether oxygens (including phenoxy) is 2. The molecule has 4 heterocycles. The second-order valence-corrected chi connectivity index (χ2v) is 12.6. The molecule has 4 fully saturated rings. The normalized spacial score (nSPS) is 33.2. The second kappa shape index (κ2) is 12.1. The molecule has 8 nitrogen and oxygen atoms in total. The van der Waals surface area contributed by atoms with E-state index in [2.05, 4.69) is 44.8 Å². The highest BCUT2D eigenvalue weighted by atomic mass is 16.7. The number of hydrogen-bond acceptors (Lipinski definition) is 6. The van der Waals surface area contributed by atoms with Gasteiger partial charge in [-0.2, -0.15) is 0 Å². The highest BCUT2D eigenvalue weighted by Gasteiger charge is 2.47. The maximum absolute atomic E-state index is 14.0. The Kier molecular flexibility index (Phi) is 9.34. The van der Waals surface area contributed by atoms with Crippen molar-refractivity contribution in [3.8, 4) is 0 Å². The number of piperazine rings is 1. The summed E-state index contributed by atoms with van der Waals surface area (Å²) in [5.41, 5.74) is 0. The summed E-state index contributed by atoms with van der Waals surface area (Å²) in [6.07, 6.45) is 5.48. The Balaban J connectivity index is 1.37. The summed E-state index contributed by atoms with van der Waals surface area (Å²) < 4.78 is 12.8. The summed E-state index contributed by atoms with van der Waals surface area (Å²) in [7, 11) is 0. The van der Waals surface area contributed by atoms with Gasteiger partial charge in [0.2, 0.25) is 11.8 Å². The lowest BCUT2D eigenvalue weighted by Crippen LogP contribution is -2.64. The molecule has 3 unspecified atom stereocenters. The van der Waals surface area contributed by atoms with Gasteiger partial charge in [-0.25, -0.2) is 0 Å². The van der Waals surface area contributed by atoms with Crippen molar-refractivity contribution in [2.45, 2.75) is 97.1 Å². The van der Waals surface area contributed by atoms with Crippen LogP contribution in [-0.4, -0.2) is 103 Å². The van der Waals surface area contributed by atoms with Crippen LogP contribution in [0.3, 0.4) is 0 Å². The van der Waals surface area contributed by atoms with Gasteiger partial charge in [0, 0.05) is 51.0 Å². The average Bonchev–Trinajstić information content (AvgIpc) is 3.33. The third-order valence-electron chi connectivity index (χ3n) is 8.42. The van der Waals surface area contributed by atoms with Crippen LogP contribution in [0, 0.1) is 17.8 Å². The van der Waals surface area contributed by atoms with Crippen LogP contribution in [0.5, 0.6) is 0 Å². The van der Waals surface area contributed by atoms with Gasteiger partial charge in [-0.05, 0) is 57.5 Å². The first-order valence-electron chi connectivity index (χ1n) is 14.5. The Labute approximate surface area is 218 Å². The molecule has 4 aliphatic rings. The van der Waals surface area contributed by atoms with Crippen molar-refractivity contribution < 1.29 is 19.1 Å². The van der Waals surface area contributed by atoms with E-state index in [9.17, 15) is 9.59 Å². The summed E-state index contributed by atoms with van der Waals surface area (Å²) in [6.45, 7) is 17.5. The third kappa shape index (κ3) is 6.61. The molecule has 2 amide bonds. The molecular weight excluding hydrogens is 456 g/mol. The number of rotatable bonds is 8. The standard InChI is InChI=1S/C28H50N4O4/c1-20(2)14-24-26(33)32(13-9-29-24)25(15-21(3)4)27(34)31-12-8-28(16-22(31)5)35-18-23(19-36-28)17-30-10-6-7-11-30/h20-25,29H,6-19H2,1-5H3. The first kappa shape index (κ1) is 27.8. The molecular formula is C28H50N4O4. The lowest BCUT2D eigenvalue weighted by Gasteiger charge is -2.49. The Morgan fingerprint density at radius 1 is 1.06 bits per heavy atom. The molecule has 0 aliphatic carbocycles. The van der Waals surface area contributed by atoms with Gasteiger partial charge >= 0.3 is 0 Å². The monoisotopic (exact) mass is 506 g/mol. The molecule has 0 aromatic rings. The first-order valence-corrected chi connectivity index (χ1v) is 14.5. The zero-order valence-corrected chi connectivity index (χ0v) is 23.3. The molecule has 0 saturated carbocycles. The highest BCUT2D eigenvalue weighted by Crippen LogP contribution is 2.36. The third-order valence-corrected chi connectivity index (χ3v) is 8.42. The number of carbonyl (C=O) groups is 2. The van der Waals surface area contributed by atoms with Gasteiger partial charge in [0.25, 0.3) is 0 Å². The molecule has 1 spiro atoms. The maximum Gasteiger partial charge on any atom is 0.245 e. The van der Waals surface area contributed by atoms with Crippen LogP contribution in [0.25, 0.3) is 0 Å². The van der Waals surface area contributed by atoms with Crippen LogP contribution in [-0.2, 0) is 19.1 Å². The first-order chi connectivity index (χ1) is 17.2. The minimum absolute atomic E-state index is 0.0144. The van der Waals surface area contributed by atoms with Gasteiger partial charge < -0.3 is 29.5 Å². The molecule has 4 aliphatic heterocycles. The number of likely N-dealkylation sites (tertiary alicyclic amines) is 2. The molecule has 206 valence electrons. The van der Waals surface area contributed by atoms with E-state index in [1.807, 2.05) is 9.80 Å². The largest absolute Gasteiger partial charge is 0.349 e. The molecule has 4 rings (SSSR count). The minimum Gasteiger partial charge on any atom is -0.349 e. The average molecular weight is 507 g/mol. The van der Waals surface area contributed by atoms with Crippen molar-refractivity contribution in [1.82, 2.24) is 20.0 Å². The predicted molar refractivity (Wildman–Crippen MR) is 140 cm³/mol. The van der Waals surface area contributed by atoms with E-state index >= 15 is 0 Å². The van der Waals surface area contributed by atoms with Crippen molar-refractivity contribution in [2.75, 3.05) is 52.5 Å². The molecule has 0 aromatic heterocycles. The number of hydrogen-bond donors (Lipinski definition) is 1. The summed E-state index contributed by atoms with van der Waals surface area (Å²) in [6, 6.07) is -0.579. The van der Waals surface area contributed by atoms with E-state index in [-0.39, 0.29) is 23.9 Å². The minimum atomic E-state index is -0.571. The maximum atomic E-state index is 14.0. The Hall–Kier alpha value is -1.22. The van der Waals surface area contributed by atoms with E-state index < -0.39 is 11.8 Å². The van der Waals surface area contributed by atoms with Crippen LogP contribution >= 0.6 is 0 Å². The van der Waals surface area contributed by atoms with Gasteiger partial charge in [0.15, 0.2) is 5.79 Å². The number of nitrogens with one attached hydrogen (secondary N) is 1. The molecule has 3 atom stereocenters. The van der Waals surface area contributed by atoms with E-state index in [4.69, 9.17) is 9.47 Å². The topological polar surface area (TPSA) is 74.3 Å². The summed E-state index contributed by atoms with van der Waals surface area (Å²) in [5, 5.41) is 3.38. The molecule has 0 aromatic carbocycles. The van der Waals surface area contributed by atoms with Crippen molar-refractivity contribution in [2.24, 2.45) is 17.8 Å². The van der Waals surface area contributed by atoms with Gasteiger partial charge in [-0.3, -0.25) is 9.59 Å². The second-order valence-electron chi connectivity index (χ2n) is 12.6. The Morgan fingerprint density at radius 3 is 2.36 bits per heavy atom. The van der Waals surface area contributed by atoms with Crippen molar-refractivity contribution in [1.29, 1.82) is 0 Å². The van der Waals surface area contributed by atoms with Crippen LogP contribution in [0.4, 0.5) is 0 Å². The van der Waals surface area contributed by atoms with E-state index in [1.165, 1.54) is 25.9 Å². The molecule has 0 bridgehead atoms. The van der Waals surface area contributed by atoms with Gasteiger partial charge in [0.05, 0.1) is 19.3 Å². The SMILES string of the molecule is CC(C)CC1NCCN(C(CC(C)C)C(=O)N2CCC3(CC2C)OCC(CN2CCCC2)CO3)C1=O. The van der Waals surface area contributed by atoms with E-state index in [1.54, 1.807) is 0 Å². The number of carbonyl (C=O) groups excluding carboxylic acids is 2. The van der Waals surface area contributed by atoms with Crippen LogP contribution < -0.4 is 5.32 Å². The fourth-order valence-corrected chi connectivity index (χ4v) is 6.55. The molecule has 0 radical (unpaired) electrons. The lowest BCUT2D eigenvalue weighted by atomic mass is 9.92. The number of amides is 2. The highest BCUT2D eigenvalue weighted by molar-refractivity contribution is 5.90. The van der Waals surface area contributed by atoms with E-state index in [0.717, 1.165) is 32.7 Å². The fourth-order valence-electron chi connectivity index (χ4n) is 6.55. The fraction of sp³-hybridized carbons (Fsp3) is 0.929. The predicted octanol–water partition coefficient (Wildman–Crippen LogP) is 2.71. The Morgan fingerprint density at radius 2 is 1.75 bits per heavy atom. The zero-order chi connectivity index (χ0) is 25.9. The van der Waals surface area contributed by atoms with Gasteiger partial charge in [-0.1, -0.05) is 27.7 Å². The summed E-state index contributed by atoms with van der Waals surface area (Å²) in [4.78, 5) is 33.8. The molecule has 36 heavy (non-hydrogen) atoms. The van der Waals surface area contributed by atoms with Crippen LogP contribution in [0.15, 0.2) is 0 Å². The van der Waals surface area contributed by atoms with Crippen molar-refractivity contribution in [3.63, 3.8) is 0 Å². The van der Waals surface area contributed by atoms with Gasteiger partial charge in [0.1, 0.15) is 6.04 Å². The smallest absolute Gasteiger partial charge is 0.245 e.